The number of anilines is 3. The van der Waals surface area contributed by atoms with E-state index in [-0.39, 0.29) is 0 Å². The number of benzene rings is 9. The Morgan fingerprint density at radius 1 is 0.308 bits per heavy atom. The van der Waals surface area contributed by atoms with Crippen molar-refractivity contribution >= 4 is 60.5 Å². The van der Waals surface area contributed by atoms with E-state index in [0.29, 0.717) is 0 Å². The fourth-order valence-corrected chi connectivity index (χ4v) is 7.67. The molecule has 2 heteroatoms. The average Bonchev–Trinajstić information content (AvgIpc) is 3.59. The van der Waals surface area contributed by atoms with E-state index in [0.717, 1.165) is 55.7 Å². The molecule has 2 nitrogen and oxygen atoms in total. The van der Waals surface area contributed by atoms with Crippen LogP contribution in [0.4, 0.5) is 17.1 Å². The van der Waals surface area contributed by atoms with Gasteiger partial charge in [0.1, 0.15) is 11.2 Å². The summed E-state index contributed by atoms with van der Waals surface area (Å²) in [5, 5.41) is 7.16. The standard InChI is InChI=1S/C50H33NO/c1-2-12-36(13-3-1)45-29-25-40(39-22-21-34-11-4-5-15-38(34)31-39)32-48(45)51(42-28-30-50-47(33-42)46-18-8-9-20-49(46)52-50)41-26-23-37(24-27-41)44-19-10-16-35-14-6-7-17-43(35)44/h1-33H. The maximum Gasteiger partial charge on any atom is 0.135 e. The van der Waals surface area contributed by atoms with Gasteiger partial charge in [0.05, 0.1) is 5.69 Å². The number of fused-ring (bicyclic) bond motifs is 5. The monoisotopic (exact) mass is 663 g/mol. The number of hydrogen-bond acceptors (Lipinski definition) is 2. The summed E-state index contributed by atoms with van der Waals surface area (Å²) in [5.74, 6) is 0. The van der Waals surface area contributed by atoms with Crippen LogP contribution in [0.15, 0.2) is 205 Å². The smallest absolute Gasteiger partial charge is 0.135 e. The maximum atomic E-state index is 6.29. The molecule has 0 bridgehead atoms. The molecule has 0 unspecified atom stereocenters. The Labute approximate surface area is 302 Å². The van der Waals surface area contributed by atoms with Crippen molar-refractivity contribution < 1.29 is 4.42 Å². The molecule has 244 valence electrons. The van der Waals surface area contributed by atoms with Gasteiger partial charge in [-0.2, -0.15) is 0 Å². The highest BCUT2D eigenvalue weighted by Crippen LogP contribution is 2.45. The predicted molar refractivity (Wildman–Crippen MR) is 220 cm³/mol. The third-order valence-electron chi connectivity index (χ3n) is 10.3. The molecule has 9 aromatic carbocycles. The highest BCUT2D eigenvalue weighted by atomic mass is 16.3. The van der Waals surface area contributed by atoms with Crippen LogP contribution >= 0.6 is 0 Å². The van der Waals surface area contributed by atoms with Crippen LogP contribution in [0.1, 0.15) is 0 Å². The van der Waals surface area contributed by atoms with Gasteiger partial charge in [0, 0.05) is 27.7 Å². The van der Waals surface area contributed by atoms with Gasteiger partial charge in [-0.25, -0.2) is 0 Å². The van der Waals surface area contributed by atoms with Gasteiger partial charge in [0.25, 0.3) is 0 Å². The minimum Gasteiger partial charge on any atom is -0.456 e. The Balaban J connectivity index is 1.20. The quantitative estimate of drug-likeness (QED) is 0.176. The third kappa shape index (κ3) is 5.21. The van der Waals surface area contributed by atoms with E-state index < -0.39 is 0 Å². The Bertz CT molecular complexity index is 2900. The van der Waals surface area contributed by atoms with Gasteiger partial charge in [-0.3, -0.25) is 0 Å². The molecule has 0 aliphatic carbocycles. The Hall–Kier alpha value is -6.90. The third-order valence-corrected chi connectivity index (χ3v) is 10.3. The number of hydrogen-bond donors (Lipinski definition) is 0. The molecule has 1 aromatic heterocycles. The summed E-state index contributed by atoms with van der Waals surface area (Å²) in [4.78, 5) is 2.40. The summed E-state index contributed by atoms with van der Waals surface area (Å²) in [6.07, 6.45) is 0. The van der Waals surface area contributed by atoms with Crippen molar-refractivity contribution in [2.45, 2.75) is 0 Å². The van der Waals surface area contributed by atoms with Crippen LogP contribution in [0, 0.1) is 0 Å². The fourth-order valence-electron chi connectivity index (χ4n) is 7.67. The normalized spacial score (nSPS) is 11.5. The molecule has 10 rings (SSSR count). The second kappa shape index (κ2) is 12.5. The maximum absolute atomic E-state index is 6.29. The summed E-state index contributed by atoms with van der Waals surface area (Å²) in [6.45, 7) is 0. The fraction of sp³-hybridized carbons (Fsp3) is 0. The second-order valence-corrected chi connectivity index (χ2v) is 13.3. The van der Waals surface area contributed by atoms with E-state index in [1.54, 1.807) is 0 Å². The van der Waals surface area contributed by atoms with Crippen LogP contribution in [-0.2, 0) is 0 Å². The highest BCUT2D eigenvalue weighted by molar-refractivity contribution is 6.07. The van der Waals surface area contributed by atoms with Crippen molar-refractivity contribution in [2.24, 2.45) is 0 Å². The van der Waals surface area contributed by atoms with E-state index in [4.69, 9.17) is 4.42 Å². The first-order valence-electron chi connectivity index (χ1n) is 17.8. The molecule has 0 radical (unpaired) electrons. The minimum absolute atomic E-state index is 0.879. The van der Waals surface area contributed by atoms with Gasteiger partial charge in [-0.15, -0.1) is 0 Å². The number of nitrogens with zero attached hydrogens (tertiary/aromatic N) is 1. The largest absolute Gasteiger partial charge is 0.456 e. The summed E-state index contributed by atoms with van der Waals surface area (Å²) in [7, 11) is 0. The molecule has 0 atom stereocenters. The Morgan fingerprint density at radius 2 is 0.923 bits per heavy atom. The highest BCUT2D eigenvalue weighted by Gasteiger charge is 2.20. The SMILES string of the molecule is c1ccc(-c2ccc(-c3ccc4ccccc4c3)cc2N(c2ccc(-c3cccc4ccccc34)cc2)c2ccc3oc4ccccc4c3c2)cc1. The topological polar surface area (TPSA) is 16.4 Å². The lowest BCUT2D eigenvalue weighted by molar-refractivity contribution is 0.669. The molecule has 0 fully saturated rings. The number of rotatable bonds is 6. The van der Waals surface area contributed by atoms with Crippen LogP contribution < -0.4 is 4.90 Å². The lowest BCUT2D eigenvalue weighted by atomic mass is 9.95. The number of furan rings is 1. The van der Waals surface area contributed by atoms with Crippen LogP contribution in [0.3, 0.4) is 0 Å². The zero-order valence-corrected chi connectivity index (χ0v) is 28.4. The molecule has 0 saturated heterocycles. The van der Waals surface area contributed by atoms with E-state index in [9.17, 15) is 0 Å². The molecule has 0 aliphatic rings. The summed E-state index contributed by atoms with van der Waals surface area (Å²) in [5.41, 5.74) is 12.1. The van der Waals surface area contributed by atoms with Crippen molar-refractivity contribution in [3.05, 3.63) is 200 Å². The van der Waals surface area contributed by atoms with Crippen LogP contribution in [0.25, 0.3) is 76.9 Å². The lowest BCUT2D eigenvalue weighted by Crippen LogP contribution is -2.11. The molecule has 0 spiro atoms. The lowest BCUT2D eigenvalue weighted by Gasteiger charge is -2.29. The van der Waals surface area contributed by atoms with Gasteiger partial charge in [-0.1, -0.05) is 152 Å². The molecule has 10 aromatic rings. The van der Waals surface area contributed by atoms with Crippen LogP contribution in [0.2, 0.25) is 0 Å². The average molecular weight is 664 g/mol. The zero-order valence-electron chi connectivity index (χ0n) is 28.4. The van der Waals surface area contributed by atoms with Gasteiger partial charge >= 0.3 is 0 Å². The summed E-state index contributed by atoms with van der Waals surface area (Å²) >= 11 is 0. The van der Waals surface area contributed by atoms with Crippen molar-refractivity contribution in [2.75, 3.05) is 4.90 Å². The van der Waals surface area contributed by atoms with Crippen molar-refractivity contribution in [1.29, 1.82) is 0 Å². The van der Waals surface area contributed by atoms with E-state index in [2.05, 4.69) is 193 Å². The molecule has 0 aliphatic heterocycles. The predicted octanol–water partition coefficient (Wildman–Crippen LogP) is 14.4. The van der Waals surface area contributed by atoms with Gasteiger partial charge in [0.15, 0.2) is 0 Å². The minimum atomic E-state index is 0.879. The Kier molecular flexibility index (Phi) is 7.18. The van der Waals surface area contributed by atoms with E-state index in [1.165, 1.54) is 38.2 Å². The molecular weight excluding hydrogens is 631 g/mol. The van der Waals surface area contributed by atoms with Crippen molar-refractivity contribution in [3.63, 3.8) is 0 Å². The zero-order chi connectivity index (χ0) is 34.4. The first kappa shape index (κ1) is 30.0. The van der Waals surface area contributed by atoms with Gasteiger partial charge in [-0.05, 0) is 97.9 Å². The molecule has 1 heterocycles. The van der Waals surface area contributed by atoms with Crippen LogP contribution in [0.5, 0.6) is 0 Å². The van der Waals surface area contributed by atoms with Crippen LogP contribution in [-0.4, -0.2) is 0 Å². The Morgan fingerprint density at radius 3 is 1.79 bits per heavy atom. The summed E-state index contributed by atoms with van der Waals surface area (Å²) < 4.78 is 6.29. The van der Waals surface area contributed by atoms with E-state index in [1.807, 2.05) is 12.1 Å². The van der Waals surface area contributed by atoms with Gasteiger partial charge in [0.2, 0.25) is 0 Å². The molecule has 0 saturated carbocycles. The number of para-hydroxylation sites is 1. The van der Waals surface area contributed by atoms with Crippen molar-refractivity contribution in [1.82, 2.24) is 0 Å². The van der Waals surface area contributed by atoms with Crippen molar-refractivity contribution in [3.8, 4) is 33.4 Å². The molecule has 52 heavy (non-hydrogen) atoms. The summed E-state index contributed by atoms with van der Waals surface area (Å²) in [6, 6.07) is 71.9. The first-order chi connectivity index (χ1) is 25.8. The van der Waals surface area contributed by atoms with Gasteiger partial charge < -0.3 is 9.32 Å². The molecule has 0 N–H and O–H groups in total. The molecular formula is C50H33NO. The second-order valence-electron chi connectivity index (χ2n) is 13.3. The van der Waals surface area contributed by atoms with E-state index >= 15 is 0 Å². The first-order valence-corrected chi connectivity index (χ1v) is 17.8. The molecule has 0 amide bonds.